The summed E-state index contributed by atoms with van der Waals surface area (Å²) in [4.78, 5) is 21.5. The molecule has 2 N–H and O–H groups in total. The molecule has 78 valence electrons. The standard InChI is InChI=1S/C9H14O4.Ca.2H/c1-5-2-3-6(8(10)11)7(4-5)9(12)13;;;/h5-7H,2-4H2,1H3,(H,10,11)(H,12,13);;;. The molecule has 4 nitrogen and oxygen atoms in total. The fraction of sp³-hybridized carbons (Fsp3) is 0.778. The summed E-state index contributed by atoms with van der Waals surface area (Å²) in [5, 5.41) is 17.6. The molecule has 0 bridgehead atoms. The van der Waals surface area contributed by atoms with E-state index >= 15 is 0 Å². The van der Waals surface area contributed by atoms with Gasteiger partial charge in [0.2, 0.25) is 0 Å². The maximum absolute atomic E-state index is 10.8. The Hall–Kier alpha value is 0.200. The van der Waals surface area contributed by atoms with Gasteiger partial charge in [-0.2, -0.15) is 0 Å². The zero-order chi connectivity index (χ0) is 10.0. The second-order valence-electron chi connectivity index (χ2n) is 3.81. The molecule has 1 fully saturated rings. The summed E-state index contributed by atoms with van der Waals surface area (Å²) < 4.78 is 0. The summed E-state index contributed by atoms with van der Waals surface area (Å²) in [7, 11) is 0. The summed E-state index contributed by atoms with van der Waals surface area (Å²) in [6, 6.07) is 0. The van der Waals surface area contributed by atoms with Gasteiger partial charge in [-0.3, -0.25) is 9.59 Å². The van der Waals surface area contributed by atoms with Crippen LogP contribution in [0, 0.1) is 17.8 Å². The third-order valence-electron chi connectivity index (χ3n) is 2.75. The molecule has 0 saturated heterocycles. The molecule has 1 aliphatic carbocycles. The molecule has 0 aromatic rings. The molecule has 1 saturated carbocycles. The van der Waals surface area contributed by atoms with E-state index in [0.717, 1.165) is 6.42 Å². The third-order valence-corrected chi connectivity index (χ3v) is 2.75. The van der Waals surface area contributed by atoms with E-state index in [1.807, 2.05) is 6.92 Å². The van der Waals surface area contributed by atoms with Gasteiger partial charge in [-0.05, 0) is 25.2 Å². The number of carboxylic acid groups (broad SMARTS) is 2. The molecule has 3 unspecified atom stereocenters. The van der Waals surface area contributed by atoms with Crippen molar-refractivity contribution in [1.29, 1.82) is 0 Å². The molecule has 0 aromatic carbocycles. The molecule has 1 aliphatic rings. The average Bonchev–Trinajstić information content (AvgIpc) is 2.03. The van der Waals surface area contributed by atoms with Crippen LogP contribution in [0.4, 0.5) is 0 Å². The van der Waals surface area contributed by atoms with E-state index in [0.29, 0.717) is 18.8 Å². The first-order chi connectivity index (χ1) is 6.02. The Kier molecular flexibility index (Phi) is 6.02. The average molecular weight is 228 g/mol. The number of carbonyl (C=O) groups is 2. The molecule has 14 heavy (non-hydrogen) atoms. The van der Waals surface area contributed by atoms with Crippen molar-refractivity contribution in [2.24, 2.45) is 17.8 Å². The number of aliphatic carboxylic acids is 2. The molecule has 0 spiro atoms. The Bertz CT molecular complexity index is 229. The van der Waals surface area contributed by atoms with Gasteiger partial charge in [0.05, 0.1) is 11.8 Å². The molecule has 3 atom stereocenters. The molecule has 0 amide bonds. The molecule has 0 aliphatic heterocycles. The van der Waals surface area contributed by atoms with Gasteiger partial charge in [-0.1, -0.05) is 6.92 Å². The van der Waals surface area contributed by atoms with E-state index < -0.39 is 23.8 Å². The van der Waals surface area contributed by atoms with Gasteiger partial charge >= 0.3 is 49.7 Å². The van der Waals surface area contributed by atoms with Crippen LogP contribution in [0.2, 0.25) is 0 Å². The predicted molar refractivity (Wildman–Crippen MR) is 53.8 cm³/mol. The van der Waals surface area contributed by atoms with Gasteiger partial charge in [0.15, 0.2) is 0 Å². The van der Waals surface area contributed by atoms with Gasteiger partial charge in [0, 0.05) is 0 Å². The van der Waals surface area contributed by atoms with Crippen LogP contribution in [0.1, 0.15) is 26.2 Å². The van der Waals surface area contributed by atoms with Crippen molar-refractivity contribution in [3.05, 3.63) is 0 Å². The van der Waals surface area contributed by atoms with Crippen LogP contribution < -0.4 is 0 Å². The normalized spacial score (nSPS) is 31.6. The minimum atomic E-state index is -0.973. The third kappa shape index (κ3) is 3.40. The molecule has 0 radical (unpaired) electrons. The Balaban J connectivity index is 0.00000169. The van der Waals surface area contributed by atoms with Gasteiger partial charge in [-0.15, -0.1) is 0 Å². The molecular formula is C9H16CaO4. The van der Waals surface area contributed by atoms with Gasteiger partial charge in [-0.25, -0.2) is 0 Å². The van der Waals surface area contributed by atoms with E-state index in [-0.39, 0.29) is 37.7 Å². The second-order valence-corrected chi connectivity index (χ2v) is 3.81. The number of hydrogen-bond donors (Lipinski definition) is 2. The quantitative estimate of drug-likeness (QED) is 0.666. The zero-order valence-electron chi connectivity index (χ0n) is 7.56. The van der Waals surface area contributed by atoms with Crippen molar-refractivity contribution in [1.82, 2.24) is 0 Å². The monoisotopic (exact) mass is 228 g/mol. The second kappa shape index (κ2) is 5.93. The van der Waals surface area contributed by atoms with Gasteiger partial charge in [0.25, 0.3) is 0 Å². The Morgan fingerprint density at radius 2 is 1.57 bits per heavy atom. The Morgan fingerprint density at radius 1 is 1.07 bits per heavy atom. The Morgan fingerprint density at radius 3 is 2.00 bits per heavy atom. The number of hydrogen-bond acceptors (Lipinski definition) is 2. The van der Waals surface area contributed by atoms with Crippen LogP contribution in [0.25, 0.3) is 0 Å². The predicted octanol–water partition coefficient (Wildman–Crippen LogP) is 0.292. The van der Waals surface area contributed by atoms with Gasteiger partial charge < -0.3 is 10.2 Å². The number of rotatable bonds is 2. The summed E-state index contributed by atoms with van der Waals surface area (Å²) in [5.41, 5.74) is 0. The minimum absolute atomic E-state index is 0. The SMILES string of the molecule is CC1CCC(C(=O)O)C(C(=O)O)C1.[CaH2]. The van der Waals surface area contributed by atoms with Crippen molar-refractivity contribution < 1.29 is 19.8 Å². The first-order valence-corrected chi connectivity index (χ1v) is 4.48. The maximum atomic E-state index is 10.8. The van der Waals surface area contributed by atoms with Crippen LogP contribution in [-0.4, -0.2) is 59.9 Å². The van der Waals surface area contributed by atoms with Crippen molar-refractivity contribution in [2.75, 3.05) is 0 Å². The first-order valence-electron chi connectivity index (χ1n) is 4.48. The fourth-order valence-electron chi connectivity index (χ4n) is 1.95. The molecule has 0 heterocycles. The van der Waals surface area contributed by atoms with Crippen LogP contribution >= 0.6 is 0 Å². The van der Waals surface area contributed by atoms with Crippen molar-refractivity contribution >= 4 is 49.7 Å². The Labute approximate surface area is 113 Å². The van der Waals surface area contributed by atoms with Crippen molar-refractivity contribution in [2.45, 2.75) is 26.2 Å². The van der Waals surface area contributed by atoms with Crippen molar-refractivity contribution in [3.63, 3.8) is 0 Å². The van der Waals surface area contributed by atoms with Crippen LogP contribution in [0.5, 0.6) is 0 Å². The van der Waals surface area contributed by atoms with Gasteiger partial charge in [0.1, 0.15) is 0 Å². The van der Waals surface area contributed by atoms with E-state index in [1.54, 1.807) is 0 Å². The van der Waals surface area contributed by atoms with E-state index in [4.69, 9.17) is 10.2 Å². The fourth-order valence-corrected chi connectivity index (χ4v) is 1.95. The summed E-state index contributed by atoms with van der Waals surface area (Å²) in [6.45, 7) is 1.97. The molecular weight excluding hydrogens is 212 g/mol. The molecule has 0 aromatic heterocycles. The topological polar surface area (TPSA) is 74.6 Å². The molecule has 5 heteroatoms. The van der Waals surface area contributed by atoms with E-state index in [2.05, 4.69) is 0 Å². The number of carboxylic acids is 2. The van der Waals surface area contributed by atoms with Crippen LogP contribution in [0.3, 0.4) is 0 Å². The summed E-state index contributed by atoms with van der Waals surface area (Å²) >= 11 is 0. The van der Waals surface area contributed by atoms with Crippen LogP contribution in [-0.2, 0) is 9.59 Å². The zero-order valence-corrected chi connectivity index (χ0v) is 7.56. The first kappa shape index (κ1) is 14.2. The summed E-state index contributed by atoms with van der Waals surface area (Å²) in [6.07, 6.45) is 1.81. The van der Waals surface area contributed by atoms with Crippen molar-refractivity contribution in [3.8, 4) is 0 Å². The van der Waals surface area contributed by atoms with E-state index in [9.17, 15) is 9.59 Å². The van der Waals surface area contributed by atoms with Crippen LogP contribution in [0.15, 0.2) is 0 Å². The summed E-state index contributed by atoms with van der Waals surface area (Å²) in [5.74, 6) is -3.00. The van der Waals surface area contributed by atoms with E-state index in [1.165, 1.54) is 0 Å². The molecule has 1 rings (SSSR count).